The number of H-pyrrole nitrogens is 1. The summed E-state index contributed by atoms with van der Waals surface area (Å²) in [5, 5.41) is 0.206. The minimum absolute atomic E-state index is 0.122. The first-order valence-corrected chi connectivity index (χ1v) is 10.6. The first kappa shape index (κ1) is 18.5. The number of carbonyl (C=O) groups is 1. The number of nitrogens with one attached hydrogen (secondary N) is 1. The average Bonchev–Trinajstić information content (AvgIpc) is 2.70. The van der Waals surface area contributed by atoms with Crippen molar-refractivity contribution in [1.29, 1.82) is 0 Å². The molecule has 0 aromatic carbocycles. The Morgan fingerprint density at radius 3 is 2.86 bits per heavy atom. The van der Waals surface area contributed by atoms with Gasteiger partial charge in [-0.3, -0.25) is 24.0 Å². The van der Waals surface area contributed by atoms with E-state index < -0.39 is 11.2 Å². The molecule has 0 radical (unpaired) electrons. The van der Waals surface area contributed by atoms with Crippen LogP contribution in [-0.4, -0.2) is 62.5 Å². The van der Waals surface area contributed by atoms with E-state index in [0.717, 1.165) is 19.6 Å². The lowest BCUT2D eigenvalue weighted by Gasteiger charge is -2.52. The van der Waals surface area contributed by atoms with E-state index in [1.807, 2.05) is 4.90 Å². The molecule has 0 unspecified atom stereocenters. The molecule has 0 saturated carbocycles. The normalized spacial score (nSPS) is 27.1. The summed E-state index contributed by atoms with van der Waals surface area (Å²) in [5.74, 6) is 0.871. The topological polar surface area (TPSA) is 91.3 Å². The highest BCUT2D eigenvalue weighted by Gasteiger charge is 2.43. The van der Waals surface area contributed by atoms with Crippen LogP contribution in [0.4, 0.5) is 0 Å². The molecule has 1 amide bonds. The molecule has 1 N–H and O–H groups in total. The van der Waals surface area contributed by atoms with Crippen molar-refractivity contribution in [2.75, 3.05) is 26.2 Å². The molecular formula is C21H27N5O3. The summed E-state index contributed by atoms with van der Waals surface area (Å²) >= 11 is 0. The van der Waals surface area contributed by atoms with Crippen LogP contribution in [0.2, 0.25) is 0 Å². The molecular weight excluding hydrogens is 370 g/mol. The Kier molecular flexibility index (Phi) is 4.34. The van der Waals surface area contributed by atoms with Crippen LogP contribution >= 0.6 is 0 Å². The fourth-order valence-corrected chi connectivity index (χ4v) is 5.73. The van der Waals surface area contributed by atoms with Crippen molar-refractivity contribution in [1.82, 2.24) is 24.3 Å². The number of aromatic nitrogens is 3. The van der Waals surface area contributed by atoms with E-state index in [1.54, 1.807) is 20.0 Å². The first-order chi connectivity index (χ1) is 13.9. The average molecular weight is 397 g/mol. The Bertz CT molecular complexity index is 1100. The lowest BCUT2D eigenvalue weighted by atomic mass is 9.76. The molecule has 8 nitrogen and oxygen atoms in total. The van der Waals surface area contributed by atoms with Crippen molar-refractivity contribution in [2.45, 2.75) is 38.6 Å². The molecule has 2 bridgehead atoms. The van der Waals surface area contributed by atoms with Crippen molar-refractivity contribution >= 4 is 16.9 Å². The van der Waals surface area contributed by atoms with E-state index in [9.17, 15) is 14.4 Å². The fraction of sp³-hybridized carbons (Fsp3) is 0.619. The second kappa shape index (κ2) is 6.79. The molecule has 3 fully saturated rings. The molecule has 0 aliphatic carbocycles. The van der Waals surface area contributed by atoms with Crippen LogP contribution in [0.3, 0.4) is 0 Å². The number of hydrogen-bond acceptors (Lipinski definition) is 5. The zero-order valence-electron chi connectivity index (χ0n) is 17.0. The van der Waals surface area contributed by atoms with Crippen LogP contribution in [0.5, 0.6) is 0 Å². The standard InChI is InChI=1S/C21H27N5O3/c1-12-7-15(17-18(22-12)24(2)21(29)23-19(17)27)20(28)26-10-13-8-14(11-26)16-5-3-4-6-25(16)9-13/h7,13-14,16H,3-6,8-11H2,1-2H3,(H,23,27,29)/t13-,14-,16+/m1/s1. The van der Waals surface area contributed by atoms with Crippen LogP contribution in [0, 0.1) is 18.8 Å². The van der Waals surface area contributed by atoms with Gasteiger partial charge in [0.2, 0.25) is 0 Å². The predicted molar refractivity (Wildman–Crippen MR) is 109 cm³/mol. The van der Waals surface area contributed by atoms with Gasteiger partial charge in [0, 0.05) is 38.4 Å². The summed E-state index contributed by atoms with van der Waals surface area (Å²) in [7, 11) is 1.56. The molecule has 0 spiro atoms. The van der Waals surface area contributed by atoms with Gasteiger partial charge in [-0.1, -0.05) is 6.42 Å². The highest BCUT2D eigenvalue weighted by atomic mass is 16.2. The highest BCUT2D eigenvalue weighted by molar-refractivity contribution is 6.05. The van der Waals surface area contributed by atoms with E-state index >= 15 is 0 Å². The van der Waals surface area contributed by atoms with Gasteiger partial charge in [-0.15, -0.1) is 0 Å². The summed E-state index contributed by atoms with van der Waals surface area (Å²) < 4.78 is 1.30. The zero-order valence-corrected chi connectivity index (χ0v) is 17.0. The Balaban J connectivity index is 1.53. The van der Waals surface area contributed by atoms with Crippen LogP contribution in [0.25, 0.3) is 11.0 Å². The van der Waals surface area contributed by atoms with Gasteiger partial charge in [-0.05, 0) is 50.6 Å². The molecule has 3 saturated heterocycles. The van der Waals surface area contributed by atoms with Crippen LogP contribution in [0.15, 0.2) is 15.7 Å². The molecule has 3 atom stereocenters. The maximum absolute atomic E-state index is 13.5. The Morgan fingerprint density at radius 1 is 1.21 bits per heavy atom. The van der Waals surface area contributed by atoms with E-state index in [2.05, 4.69) is 14.9 Å². The van der Waals surface area contributed by atoms with Crippen molar-refractivity contribution in [3.8, 4) is 0 Å². The van der Waals surface area contributed by atoms with E-state index in [-0.39, 0.29) is 16.9 Å². The van der Waals surface area contributed by atoms with Crippen LogP contribution in [-0.2, 0) is 7.05 Å². The molecule has 154 valence electrons. The number of amides is 1. The number of pyridine rings is 1. The van der Waals surface area contributed by atoms with Crippen molar-refractivity contribution in [2.24, 2.45) is 18.9 Å². The van der Waals surface area contributed by atoms with E-state index in [1.165, 1.54) is 36.8 Å². The van der Waals surface area contributed by atoms with Gasteiger partial charge in [0.05, 0.1) is 10.9 Å². The fourth-order valence-electron chi connectivity index (χ4n) is 5.73. The number of aromatic amines is 1. The molecule has 29 heavy (non-hydrogen) atoms. The summed E-state index contributed by atoms with van der Waals surface area (Å²) in [6.07, 6.45) is 4.96. The Morgan fingerprint density at radius 2 is 2.03 bits per heavy atom. The Hall–Kier alpha value is -2.48. The lowest BCUT2D eigenvalue weighted by molar-refractivity contribution is -0.0242. The second-order valence-electron chi connectivity index (χ2n) is 8.96. The molecule has 5 rings (SSSR count). The van der Waals surface area contributed by atoms with Gasteiger partial charge < -0.3 is 4.90 Å². The number of rotatable bonds is 1. The molecule has 8 heteroatoms. The minimum Gasteiger partial charge on any atom is -0.338 e. The SMILES string of the molecule is Cc1cc(C(=O)N2C[C@@H]3C[C@H](C2)[C@@H]2CCCCN2C3)c2c(=O)[nH]c(=O)n(C)c2n1. The number of nitrogens with zero attached hydrogens (tertiary/aromatic N) is 4. The maximum Gasteiger partial charge on any atom is 0.329 e. The van der Waals surface area contributed by atoms with E-state index in [4.69, 9.17) is 0 Å². The third kappa shape index (κ3) is 3.01. The number of aryl methyl sites for hydroxylation is 2. The first-order valence-electron chi connectivity index (χ1n) is 10.6. The van der Waals surface area contributed by atoms with Gasteiger partial charge in [0.15, 0.2) is 0 Å². The molecule has 3 aliphatic rings. The molecule has 3 aliphatic heterocycles. The van der Waals surface area contributed by atoms with Crippen LogP contribution < -0.4 is 11.2 Å². The van der Waals surface area contributed by atoms with Gasteiger partial charge in [-0.25, -0.2) is 9.78 Å². The van der Waals surface area contributed by atoms with Gasteiger partial charge in [-0.2, -0.15) is 0 Å². The minimum atomic E-state index is -0.547. The lowest BCUT2D eigenvalue weighted by Crippen LogP contribution is -2.59. The monoisotopic (exact) mass is 397 g/mol. The largest absolute Gasteiger partial charge is 0.338 e. The number of carbonyl (C=O) groups excluding carboxylic acids is 1. The third-order valence-corrected chi connectivity index (χ3v) is 6.99. The smallest absolute Gasteiger partial charge is 0.329 e. The second-order valence-corrected chi connectivity index (χ2v) is 8.96. The number of fused-ring (bicyclic) bond motifs is 5. The number of hydrogen-bond donors (Lipinski definition) is 1. The summed E-state index contributed by atoms with van der Waals surface area (Å²) in [5.41, 5.74) is 0.165. The Labute approximate surface area is 168 Å². The predicted octanol–water partition coefficient (Wildman–Crippen LogP) is 0.877. The number of piperidine rings is 3. The summed E-state index contributed by atoms with van der Waals surface area (Å²) in [4.78, 5) is 49.3. The van der Waals surface area contributed by atoms with Crippen molar-refractivity contribution in [3.05, 3.63) is 38.2 Å². The number of likely N-dealkylation sites (tertiary alicyclic amines) is 1. The third-order valence-electron chi connectivity index (χ3n) is 6.99. The van der Waals surface area contributed by atoms with Gasteiger partial charge in [0.1, 0.15) is 5.65 Å². The maximum atomic E-state index is 13.5. The zero-order chi connectivity index (χ0) is 20.3. The summed E-state index contributed by atoms with van der Waals surface area (Å²) in [6.45, 7) is 5.50. The highest BCUT2D eigenvalue weighted by Crippen LogP contribution is 2.38. The molecule has 2 aromatic rings. The van der Waals surface area contributed by atoms with Crippen molar-refractivity contribution < 1.29 is 4.79 Å². The van der Waals surface area contributed by atoms with Gasteiger partial charge >= 0.3 is 5.69 Å². The van der Waals surface area contributed by atoms with Crippen LogP contribution in [0.1, 0.15) is 41.7 Å². The summed E-state index contributed by atoms with van der Waals surface area (Å²) in [6, 6.07) is 2.26. The molecule has 2 aromatic heterocycles. The van der Waals surface area contributed by atoms with E-state index in [0.29, 0.717) is 29.1 Å². The molecule has 5 heterocycles. The quantitative estimate of drug-likeness (QED) is 0.771. The van der Waals surface area contributed by atoms with Crippen molar-refractivity contribution in [3.63, 3.8) is 0 Å². The van der Waals surface area contributed by atoms with Gasteiger partial charge in [0.25, 0.3) is 11.5 Å².